The van der Waals surface area contributed by atoms with E-state index in [2.05, 4.69) is 10.2 Å². The molecule has 4 rings (SSSR count). The molecule has 1 aliphatic heterocycles. The fourth-order valence-electron chi connectivity index (χ4n) is 3.64. The zero-order valence-corrected chi connectivity index (χ0v) is 18.8. The molecule has 3 aromatic rings. The Balaban J connectivity index is 1.52. The third-order valence-corrected chi connectivity index (χ3v) is 8.06. The van der Waals surface area contributed by atoms with Gasteiger partial charge in [0.1, 0.15) is 5.82 Å². The van der Waals surface area contributed by atoms with Crippen LogP contribution in [0.25, 0.3) is 5.69 Å². The second-order valence-electron chi connectivity index (χ2n) is 7.58. The van der Waals surface area contributed by atoms with Crippen LogP contribution in [0.3, 0.4) is 0 Å². The van der Waals surface area contributed by atoms with Gasteiger partial charge in [-0.25, -0.2) is 8.42 Å². The van der Waals surface area contributed by atoms with Crippen molar-refractivity contribution in [1.82, 2.24) is 19.7 Å². The number of aromatic nitrogens is 3. The number of rotatable bonds is 7. The van der Waals surface area contributed by atoms with Crippen LogP contribution >= 0.6 is 11.8 Å². The van der Waals surface area contributed by atoms with Crippen molar-refractivity contribution < 1.29 is 13.2 Å². The molecule has 0 aliphatic carbocycles. The van der Waals surface area contributed by atoms with Crippen LogP contribution in [-0.4, -0.2) is 64.3 Å². The Hall–Kier alpha value is -2.65. The predicted molar refractivity (Wildman–Crippen MR) is 121 cm³/mol. The van der Waals surface area contributed by atoms with Crippen molar-refractivity contribution >= 4 is 27.5 Å². The summed E-state index contributed by atoms with van der Waals surface area (Å²) in [6, 6.07) is 19.6. The van der Waals surface area contributed by atoms with Crippen molar-refractivity contribution in [2.24, 2.45) is 0 Å². The lowest BCUT2D eigenvalue weighted by molar-refractivity contribution is -0.128. The number of carbonyl (C=O) groups is 1. The Labute approximate surface area is 186 Å². The molecule has 0 radical (unpaired) electrons. The molecule has 9 heteroatoms. The summed E-state index contributed by atoms with van der Waals surface area (Å²) >= 11 is 1.32. The molecule has 1 atom stereocenters. The molecular formula is C22H24N4O3S2. The second-order valence-corrected chi connectivity index (χ2v) is 10.8. The molecule has 1 aromatic heterocycles. The molecule has 0 bridgehead atoms. The van der Waals surface area contributed by atoms with Crippen LogP contribution in [0.5, 0.6) is 0 Å². The van der Waals surface area contributed by atoms with Gasteiger partial charge >= 0.3 is 0 Å². The van der Waals surface area contributed by atoms with E-state index in [1.165, 1.54) is 11.8 Å². The van der Waals surface area contributed by atoms with Crippen molar-refractivity contribution in [3.8, 4) is 5.69 Å². The minimum absolute atomic E-state index is 0.0430. The van der Waals surface area contributed by atoms with Gasteiger partial charge in [0, 0.05) is 25.2 Å². The third-order valence-electron chi connectivity index (χ3n) is 5.39. The van der Waals surface area contributed by atoms with E-state index >= 15 is 0 Å². The standard InChI is InChI=1S/C22H24N4O3S2/c1-25(19-12-13-31(28,29)16-19)21(27)15-30-22-24-23-20(14-17-8-4-2-5-9-17)26(22)18-10-6-3-7-11-18/h2-11,19H,12-16H2,1H3. The van der Waals surface area contributed by atoms with Gasteiger partial charge in [0.15, 0.2) is 15.0 Å². The highest BCUT2D eigenvalue weighted by atomic mass is 32.2. The molecule has 1 fully saturated rings. The van der Waals surface area contributed by atoms with Crippen LogP contribution in [-0.2, 0) is 21.1 Å². The molecule has 1 amide bonds. The van der Waals surface area contributed by atoms with E-state index in [1.54, 1.807) is 11.9 Å². The molecule has 0 N–H and O–H groups in total. The summed E-state index contributed by atoms with van der Waals surface area (Å²) in [5.74, 6) is 1.04. The van der Waals surface area contributed by atoms with Gasteiger partial charge in [0.25, 0.3) is 0 Å². The first-order valence-electron chi connectivity index (χ1n) is 10.1. The predicted octanol–water partition coefficient (Wildman–Crippen LogP) is 2.60. The minimum atomic E-state index is -3.04. The summed E-state index contributed by atoms with van der Waals surface area (Å²) < 4.78 is 25.5. The number of sulfone groups is 1. The van der Waals surface area contributed by atoms with E-state index in [9.17, 15) is 13.2 Å². The van der Waals surface area contributed by atoms with Gasteiger partial charge in [-0.15, -0.1) is 10.2 Å². The molecule has 2 aromatic carbocycles. The Morgan fingerprint density at radius 1 is 1.10 bits per heavy atom. The van der Waals surface area contributed by atoms with Crippen molar-refractivity contribution in [3.63, 3.8) is 0 Å². The number of amides is 1. The van der Waals surface area contributed by atoms with Gasteiger partial charge in [-0.2, -0.15) is 0 Å². The largest absolute Gasteiger partial charge is 0.341 e. The van der Waals surface area contributed by atoms with E-state index in [1.807, 2.05) is 65.2 Å². The summed E-state index contributed by atoms with van der Waals surface area (Å²) in [5.41, 5.74) is 2.06. The van der Waals surface area contributed by atoms with Gasteiger partial charge in [0.05, 0.1) is 17.3 Å². The first-order chi connectivity index (χ1) is 14.9. The molecule has 1 saturated heterocycles. The Bertz CT molecular complexity index is 1150. The number of hydrogen-bond donors (Lipinski definition) is 0. The average molecular weight is 457 g/mol. The van der Waals surface area contributed by atoms with Gasteiger partial charge < -0.3 is 4.90 Å². The Kier molecular flexibility index (Phi) is 6.43. The SMILES string of the molecule is CN(C(=O)CSc1nnc(Cc2ccccc2)n1-c1ccccc1)C1CCS(=O)(=O)C1. The lowest BCUT2D eigenvalue weighted by Crippen LogP contribution is -2.38. The number of para-hydroxylation sites is 1. The zero-order chi connectivity index (χ0) is 21.8. The first kappa shape index (κ1) is 21.6. The first-order valence-corrected chi connectivity index (χ1v) is 12.9. The number of nitrogens with zero attached hydrogens (tertiary/aromatic N) is 4. The molecule has 1 aliphatic rings. The highest BCUT2D eigenvalue weighted by molar-refractivity contribution is 7.99. The number of benzene rings is 2. The summed E-state index contributed by atoms with van der Waals surface area (Å²) in [5, 5.41) is 9.38. The van der Waals surface area contributed by atoms with Gasteiger partial charge in [0.2, 0.25) is 5.91 Å². The molecule has 0 saturated carbocycles. The van der Waals surface area contributed by atoms with E-state index in [0.29, 0.717) is 18.0 Å². The van der Waals surface area contributed by atoms with E-state index < -0.39 is 9.84 Å². The van der Waals surface area contributed by atoms with E-state index in [-0.39, 0.29) is 29.2 Å². The van der Waals surface area contributed by atoms with Crippen LogP contribution < -0.4 is 0 Å². The lowest BCUT2D eigenvalue weighted by atomic mass is 10.1. The maximum absolute atomic E-state index is 12.7. The third kappa shape index (κ3) is 5.16. The maximum Gasteiger partial charge on any atom is 0.233 e. The maximum atomic E-state index is 12.7. The molecule has 1 unspecified atom stereocenters. The Morgan fingerprint density at radius 2 is 1.77 bits per heavy atom. The lowest BCUT2D eigenvalue weighted by Gasteiger charge is -2.23. The van der Waals surface area contributed by atoms with Crippen LogP contribution in [0.15, 0.2) is 65.8 Å². The monoisotopic (exact) mass is 456 g/mol. The Morgan fingerprint density at radius 3 is 2.42 bits per heavy atom. The van der Waals surface area contributed by atoms with E-state index in [0.717, 1.165) is 17.1 Å². The van der Waals surface area contributed by atoms with Gasteiger partial charge in [-0.1, -0.05) is 60.3 Å². The number of hydrogen-bond acceptors (Lipinski definition) is 6. The number of carbonyl (C=O) groups excluding carboxylic acids is 1. The van der Waals surface area contributed by atoms with Crippen LogP contribution in [0.4, 0.5) is 0 Å². The van der Waals surface area contributed by atoms with Crippen molar-refractivity contribution in [2.45, 2.75) is 24.0 Å². The molecule has 0 spiro atoms. The van der Waals surface area contributed by atoms with Crippen LogP contribution in [0.2, 0.25) is 0 Å². The molecule has 2 heterocycles. The van der Waals surface area contributed by atoms with Gasteiger partial charge in [-0.3, -0.25) is 9.36 Å². The number of thioether (sulfide) groups is 1. The summed E-state index contributed by atoms with van der Waals surface area (Å²) in [7, 11) is -1.36. The van der Waals surface area contributed by atoms with Crippen molar-refractivity contribution in [2.75, 3.05) is 24.3 Å². The van der Waals surface area contributed by atoms with Crippen molar-refractivity contribution in [1.29, 1.82) is 0 Å². The highest BCUT2D eigenvalue weighted by Crippen LogP contribution is 2.25. The average Bonchev–Trinajstić information content (AvgIpc) is 3.35. The quantitative estimate of drug-likeness (QED) is 0.508. The summed E-state index contributed by atoms with van der Waals surface area (Å²) in [6.07, 6.45) is 1.12. The molecule has 7 nitrogen and oxygen atoms in total. The fraction of sp³-hybridized carbons (Fsp3) is 0.318. The summed E-state index contributed by atoms with van der Waals surface area (Å²) in [4.78, 5) is 14.3. The highest BCUT2D eigenvalue weighted by Gasteiger charge is 2.32. The molecule has 31 heavy (non-hydrogen) atoms. The zero-order valence-electron chi connectivity index (χ0n) is 17.2. The topological polar surface area (TPSA) is 85.2 Å². The van der Waals surface area contributed by atoms with Crippen LogP contribution in [0, 0.1) is 0 Å². The molecular weight excluding hydrogens is 432 g/mol. The minimum Gasteiger partial charge on any atom is -0.341 e. The normalized spacial score (nSPS) is 17.5. The van der Waals surface area contributed by atoms with E-state index in [4.69, 9.17) is 0 Å². The summed E-state index contributed by atoms with van der Waals surface area (Å²) in [6.45, 7) is 0. The smallest absolute Gasteiger partial charge is 0.233 e. The fourth-order valence-corrected chi connectivity index (χ4v) is 6.30. The second kappa shape index (κ2) is 9.23. The van der Waals surface area contributed by atoms with Crippen LogP contribution in [0.1, 0.15) is 17.8 Å². The van der Waals surface area contributed by atoms with Gasteiger partial charge in [-0.05, 0) is 24.1 Å². The molecule has 162 valence electrons. The van der Waals surface area contributed by atoms with Crippen molar-refractivity contribution in [3.05, 3.63) is 72.1 Å².